The third-order valence-electron chi connectivity index (χ3n) is 1.77. The molecule has 1 aromatic carbocycles. The number of alkyl halides is 2. The normalized spacial score (nSPS) is 10.3. The van der Waals surface area contributed by atoms with Gasteiger partial charge >= 0.3 is 11.9 Å². The van der Waals surface area contributed by atoms with Gasteiger partial charge in [0.15, 0.2) is 0 Å². The number of benzene rings is 1. The van der Waals surface area contributed by atoms with E-state index in [2.05, 4.69) is 0 Å². The van der Waals surface area contributed by atoms with Gasteiger partial charge in [0.25, 0.3) is 6.43 Å². The van der Waals surface area contributed by atoms with Crippen LogP contribution in [0.2, 0.25) is 0 Å². The van der Waals surface area contributed by atoms with Crippen LogP contribution in [-0.4, -0.2) is 22.2 Å². The zero-order valence-electron chi connectivity index (χ0n) is 7.28. The van der Waals surface area contributed by atoms with Crippen LogP contribution < -0.4 is 0 Å². The van der Waals surface area contributed by atoms with E-state index in [1.165, 1.54) is 0 Å². The van der Waals surface area contributed by atoms with Crippen LogP contribution in [0.15, 0.2) is 18.2 Å². The molecule has 0 bridgehead atoms. The number of hydrogen-bond acceptors (Lipinski definition) is 2. The van der Waals surface area contributed by atoms with E-state index >= 15 is 0 Å². The number of halogens is 2. The molecule has 15 heavy (non-hydrogen) atoms. The van der Waals surface area contributed by atoms with Gasteiger partial charge in [0.05, 0.1) is 11.1 Å². The van der Waals surface area contributed by atoms with Crippen molar-refractivity contribution in [1.82, 2.24) is 0 Å². The Morgan fingerprint density at radius 1 is 1.13 bits per heavy atom. The zero-order valence-corrected chi connectivity index (χ0v) is 7.28. The molecule has 0 radical (unpaired) electrons. The maximum absolute atomic E-state index is 12.3. The first-order valence-electron chi connectivity index (χ1n) is 3.82. The van der Waals surface area contributed by atoms with Gasteiger partial charge in [0.2, 0.25) is 0 Å². The highest BCUT2D eigenvalue weighted by Crippen LogP contribution is 2.24. The summed E-state index contributed by atoms with van der Waals surface area (Å²) in [5.41, 5.74) is -1.71. The average Bonchev–Trinajstić information content (AvgIpc) is 2.16. The van der Waals surface area contributed by atoms with Crippen molar-refractivity contribution in [2.75, 3.05) is 0 Å². The minimum absolute atomic E-state index is 0.336. The lowest BCUT2D eigenvalue weighted by molar-refractivity contribution is 0.0684. The summed E-state index contributed by atoms with van der Waals surface area (Å²) >= 11 is 0. The van der Waals surface area contributed by atoms with E-state index < -0.39 is 29.5 Å². The molecule has 0 saturated carbocycles. The van der Waals surface area contributed by atoms with Crippen molar-refractivity contribution in [3.63, 3.8) is 0 Å². The number of carboxylic acids is 2. The molecule has 0 aliphatic heterocycles. The zero-order chi connectivity index (χ0) is 11.6. The summed E-state index contributed by atoms with van der Waals surface area (Å²) in [6.45, 7) is 0. The van der Waals surface area contributed by atoms with Crippen LogP contribution in [0.4, 0.5) is 8.78 Å². The van der Waals surface area contributed by atoms with E-state index in [9.17, 15) is 18.4 Å². The van der Waals surface area contributed by atoms with Gasteiger partial charge < -0.3 is 10.2 Å². The van der Waals surface area contributed by atoms with E-state index in [-0.39, 0.29) is 5.56 Å². The van der Waals surface area contributed by atoms with Crippen LogP contribution in [0.3, 0.4) is 0 Å². The molecule has 0 aliphatic rings. The molecule has 1 aromatic rings. The van der Waals surface area contributed by atoms with E-state index in [4.69, 9.17) is 10.2 Å². The molecule has 0 spiro atoms. The van der Waals surface area contributed by atoms with Crippen LogP contribution in [-0.2, 0) is 0 Å². The Morgan fingerprint density at radius 2 is 1.73 bits per heavy atom. The van der Waals surface area contributed by atoms with Crippen molar-refractivity contribution in [3.8, 4) is 0 Å². The summed E-state index contributed by atoms with van der Waals surface area (Å²) in [5, 5.41) is 17.1. The first-order valence-corrected chi connectivity index (χ1v) is 3.82. The number of carbonyl (C=O) groups is 2. The van der Waals surface area contributed by atoms with Crippen LogP contribution in [0.5, 0.6) is 0 Å². The lowest BCUT2D eigenvalue weighted by atomic mass is 10.0. The fourth-order valence-electron chi connectivity index (χ4n) is 1.06. The molecule has 0 aromatic heterocycles. The summed E-state index contributed by atoms with van der Waals surface area (Å²) in [7, 11) is 0. The van der Waals surface area contributed by atoms with Crippen LogP contribution in [0.25, 0.3) is 0 Å². The van der Waals surface area contributed by atoms with Gasteiger partial charge in [-0.3, -0.25) is 0 Å². The lowest BCUT2D eigenvalue weighted by Crippen LogP contribution is -2.06. The van der Waals surface area contributed by atoms with E-state index in [0.717, 1.165) is 12.1 Å². The second-order valence-electron chi connectivity index (χ2n) is 2.71. The summed E-state index contributed by atoms with van der Waals surface area (Å²) in [4.78, 5) is 21.1. The SMILES string of the molecule is O=C(O)c1ccc(C(F)F)c(C(=O)O)c1. The van der Waals surface area contributed by atoms with Crippen LogP contribution >= 0.6 is 0 Å². The van der Waals surface area contributed by atoms with Gasteiger partial charge in [-0.2, -0.15) is 0 Å². The van der Waals surface area contributed by atoms with Gasteiger partial charge in [0.1, 0.15) is 0 Å². The third kappa shape index (κ3) is 2.28. The molecule has 80 valence electrons. The molecule has 2 N–H and O–H groups in total. The van der Waals surface area contributed by atoms with Gasteiger partial charge in [-0.1, -0.05) is 6.07 Å². The van der Waals surface area contributed by atoms with E-state index in [0.29, 0.717) is 6.07 Å². The molecule has 0 atom stereocenters. The standard InChI is InChI=1S/C9H6F2O4/c10-7(11)5-2-1-4(8(12)13)3-6(5)9(14)15/h1-3,7H,(H,12,13)(H,14,15). The molecule has 0 amide bonds. The maximum Gasteiger partial charge on any atom is 0.336 e. The first kappa shape index (κ1) is 11.1. The number of aromatic carboxylic acids is 2. The topological polar surface area (TPSA) is 74.6 Å². The van der Waals surface area contributed by atoms with Crippen LogP contribution in [0.1, 0.15) is 32.7 Å². The molecule has 0 unspecified atom stereocenters. The average molecular weight is 216 g/mol. The Balaban J connectivity index is 3.33. The number of carboxylic acid groups (broad SMARTS) is 2. The minimum atomic E-state index is -2.95. The van der Waals surface area contributed by atoms with E-state index in [1.54, 1.807) is 0 Å². The van der Waals surface area contributed by atoms with E-state index in [1.807, 2.05) is 0 Å². The summed E-state index contributed by atoms with van der Waals surface area (Å²) in [6, 6.07) is 2.46. The largest absolute Gasteiger partial charge is 0.478 e. The van der Waals surface area contributed by atoms with Crippen molar-refractivity contribution >= 4 is 11.9 Å². The predicted octanol–water partition coefficient (Wildman–Crippen LogP) is 2.02. The molecule has 0 aliphatic carbocycles. The summed E-state index contributed by atoms with van der Waals surface area (Å²) in [6.07, 6.45) is -2.95. The summed E-state index contributed by atoms with van der Waals surface area (Å²) < 4.78 is 24.6. The molecular weight excluding hydrogens is 210 g/mol. The van der Waals surface area contributed by atoms with Gasteiger partial charge in [-0.25, -0.2) is 18.4 Å². The van der Waals surface area contributed by atoms with Gasteiger partial charge in [0, 0.05) is 5.56 Å². The predicted molar refractivity (Wildman–Crippen MR) is 45.3 cm³/mol. The first-order chi connectivity index (χ1) is 6.93. The quantitative estimate of drug-likeness (QED) is 0.810. The third-order valence-corrected chi connectivity index (χ3v) is 1.77. The highest BCUT2D eigenvalue weighted by molar-refractivity contribution is 5.94. The molecule has 1 rings (SSSR count). The fourth-order valence-corrected chi connectivity index (χ4v) is 1.06. The van der Waals surface area contributed by atoms with Gasteiger partial charge in [-0.05, 0) is 12.1 Å². The van der Waals surface area contributed by atoms with Crippen molar-refractivity contribution in [1.29, 1.82) is 0 Å². The smallest absolute Gasteiger partial charge is 0.336 e. The second kappa shape index (κ2) is 4.04. The van der Waals surface area contributed by atoms with Gasteiger partial charge in [-0.15, -0.1) is 0 Å². The van der Waals surface area contributed by atoms with Crippen molar-refractivity contribution in [3.05, 3.63) is 34.9 Å². The summed E-state index contributed by atoms with van der Waals surface area (Å²) in [5.74, 6) is -2.94. The molecule has 0 fully saturated rings. The maximum atomic E-state index is 12.3. The van der Waals surface area contributed by atoms with Crippen molar-refractivity contribution < 1.29 is 28.6 Å². The molecular formula is C9H6F2O4. The van der Waals surface area contributed by atoms with Crippen molar-refractivity contribution in [2.24, 2.45) is 0 Å². The molecule has 0 heterocycles. The lowest BCUT2D eigenvalue weighted by Gasteiger charge is -2.05. The molecule has 6 heteroatoms. The Hall–Kier alpha value is -1.98. The van der Waals surface area contributed by atoms with Crippen molar-refractivity contribution in [2.45, 2.75) is 6.43 Å². The number of hydrogen-bond donors (Lipinski definition) is 2. The Labute approximate surface area is 82.8 Å². The second-order valence-corrected chi connectivity index (χ2v) is 2.71. The Bertz CT molecular complexity index is 415. The monoisotopic (exact) mass is 216 g/mol. The Kier molecular flexibility index (Phi) is 2.99. The fraction of sp³-hybridized carbons (Fsp3) is 0.111. The van der Waals surface area contributed by atoms with Crippen LogP contribution in [0, 0.1) is 0 Å². The Morgan fingerprint density at radius 3 is 2.13 bits per heavy atom. The highest BCUT2D eigenvalue weighted by atomic mass is 19.3. The molecule has 4 nitrogen and oxygen atoms in total. The number of rotatable bonds is 3. The minimum Gasteiger partial charge on any atom is -0.478 e. The highest BCUT2D eigenvalue weighted by Gasteiger charge is 2.19. The molecule has 0 saturated heterocycles.